The van der Waals surface area contributed by atoms with Crippen molar-refractivity contribution in [1.82, 2.24) is 9.29 Å². The minimum atomic E-state index is -4.15. The number of anilines is 1. The Bertz CT molecular complexity index is 1250. The number of rotatable bonds is 6. The molecule has 1 unspecified atom stereocenters. The van der Waals surface area contributed by atoms with Crippen molar-refractivity contribution in [3.8, 4) is 0 Å². The Kier molecular flexibility index (Phi) is 6.28. The van der Waals surface area contributed by atoms with Crippen LogP contribution in [0.5, 0.6) is 0 Å². The minimum Gasteiger partial charge on any atom is -0.381 e. The van der Waals surface area contributed by atoms with Crippen molar-refractivity contribution >= 4 is 55.7 Å². The number of aromatic nitrogens is 1. The highest BCUT2D eigenvalue weighted by atomic mass is 35.5. The lowest BCUT2D eigenvalue weighted by Crippen LogP contribution is -2.44. The number of aliphatic hydroxyl groups is 2. The van der Waals surface area contributed by atoms with Gasteiger partial charge in [0.1, 0.15) is 5.60 Å². The summed E-state index contributed by atoms with van der Waals surface area (Å²) < 4.78 is 28.2. The predicted molar refractivity (Wildman–Crippen MR) is 120 cm³/mol. The van der Waals surface area contributed by atoms with Crippen molar-refractivity contribution in [3.05, 3.63) is 58.2 Å². The average molecular weight is 486 g/mol. The zero-order valence-corrected chi connectivity index (χ0v) is 19.2. The summed E-state index contributed by atoms with van der Waals surface area (Å²) in [6.07, 6.45) is -1.12. The van der Waals surface area contributed by atoms with Crippen LogP contribution < -0.4 is 10.0 Å². The third-order valence-corrected chi connectivity index (χ3v) is 6.85. The van der Waals surface area contributed by atoms with Crippen LogP contribution in [0.15, 0.2) is 47.4 Å². The third-order valence-electron chi connectivity index (χ3n) is 4.68. The molecule has 0 aliphatic carbocycles. The Hall–Kier alpha value is -2.30. The van der Waals surface area contributed by atoms with Crippen LogP contribution in [0.25, 0.3) is 10.9 Å². The molecule has 0 saturated carbocycles. The second-order valence-corrected chi connectivity index (χ2v) is 9.95. The van der Waals surface area contributed by atoms with E-state index in [0.717, 1.165) is 5.52 Å². The zero-order chi connectivity index (χ0) is 23.1. The summed E-state index contributed by atoms with van der Waals surface area (Å²) in [4.78, 5) is 11.6. The van der Waals surface area contributed by atoms with Crippen molar-refractivity contribution in [2.45, 2.75) is 30.6 Å². The van der Waals surface area contributed by atoms with Gasteiger partial charge in [-0.3, -0.25) is 4.79 Å². The molecule has 3 rings (SSSR count). The molecule has 0 fully saturated rings. The summed E-state index contributed by atoms with van der Waals surface area (Å²) in [6.45, 7) is 2.36. The van der Waals surface area contributed by atoms with Gasteiger partial charge < -0.3 is 20.1 Å². The van der Waals surface area contributed by atoms with E-state index in [-0.39, 0.29) is 4.90 Å². The molecule has 8 nitrogen and oxygen atoms in total. The second-order valence-electron chi connectivity index (χ2n) is 7.49. The largest absolute Gasteiger partial charge is 0.381 e. The number of nitrogens with one attached hydrogen (secondary N) is 2. The van der Waals surface area contributed by atoms with Gasteiger partial charge in [-0.1, -0.05) is 23.2 Å². The molecule has 1 amide bonds. The number of aliphatic hydroxyl groups excluding tert-OH is 1. The average Bonchev–Trinajstić information content (AvgIpc) is 3.01. The number of sulfonamides is 1. The van der Waals surface area contributed by atoms with Crippen LogP contribution in [-0.4, -0.2) is 34.7 Å². The topological polar surface area (TPSA) is 121 Å². The highest BCUT2D eigenvalue weighted by molar-refractivity contribution is 7.90. The van der Waals surface area contributed by atoms with E-state index in [4.69, 9.17) is 23.2 Å². The fourth-order valence-corrected chi connectivity index (χ4v) is 4.39. The predicted octanol–water partition coefficient (Wildman–Crippen LogP) is 3.16. The summed E-state index contributed by atoms with van der Waals surface area (Å²) in [5, 5.41) is 24.6. The molecule has 0 aliphatic rings. The lowest BCUT2D eigenvalue weighted by atomic mass is 10.1. The van der Waals surface area contributed by atoms with Crippen molar-refractivity contribution in [2.75, 3.05) is 5.32 Å². The van der Waals surface area contributed by atoms with E-state index < -0.39 is 27.8 Å². The number of carbonyl (C=O) groups is 1. The maximum Gasteiger partial charge on any atom is 0.265 e. The first-order valence-corrected chi connectivity index (χ1v) is 11.3. The van der Waals surface area contributed by atoms with Crippen LogP contribution in [0, 0.1) is 0 Å². The number of hydrogen-bond donors (Lipinski definition) is 4. The summed E-state index contributed by atoms with van der Waals surface area (Å²) in [6, 6.07) is 10.6. The SMILES string of the molecule is Cn1c(C(O)Nc2ccc(S(=O)(=O)NC(=O)C(C)(C)O)cc2)cc2c(Cl)c(Cl)ccc21. The number of halogens is 2. The molecule has 0 saturated heterocycles. The molecule has 1 atom stereocenters. The van der Waals surface area contributed by atoms with Crippen molar-refractivity contribution in [1.29, 1.82) is 0 Å². The molecule has 1 heterocycles. The molecule has 11 heteroatoms. The summed E-state index contributed by atoms with van der Waals surface area (Å²) in [7, 11) is -2.38. The fourth-order valence-electron chi connectivity index (χ4n) is 2.90. The van der Waals surface area contributed by atoms with E-state index in [1.165, 1.54) is 38.1 Å². The molecular weight excluding hydrogens is 465 g/mol. The van der Waals surface area contributed by atoms with Gasteiger partial charge in [0.05, 0.1) is 20.6 Å². The molecule has 166 valence electrons. The molecule has 2 aromatic carbocycles. The van der Waals surface area contributed by atoms with E-state index in [2.05, 4.69) is 5.32 Å². The van der Waals surface area contributed by atoms with E-state index in [9.17, 15) is 23.4 Å². The zero-order valence-electron chi connectivity index (χ0n) is 16.8. The maximum absolute atomic E-state index is 12.3. The Morgan fingerprint density at radius 3 is 2.32 bits per heavy atom. The molecule has 31 heavy (non-hydrogen) atoms. The number of fused-ring (bicyclic) bond motifs is 1. The first-order chi connectivity index (χ1) is 14.3. The van der Waals surface area contributed by atoms with Gasteiger partial charge in [0.15, 0.2) is 6.23 Å². The Morgan fingerprint density at radius 1 is 1.13 bits per heavy atom. The van der Waals surface area contributed by atoms with E-state index in [0.29, 0.717) is 26.8 Å². The summed E-state index contributed by atoms with van der Waals surface area (Å²) in [5.74, 6) is -1.04. The summed E-state index contributed by atoms with van der Waals surface area (Å²) in [5.41, 5.74) is -0.0954. The first kappa shape index (κ1) is 23.4. The monoisotopic (exact) mass is 485 g/mol. The van der Waals surface area contributed by atoms with Crippen molar-refractivity contribution in [3.63, 3.8) is 0 Å². The smallest absolute Gasteiger partial charge is 0.265 e. The molecule has 0 radical (unpaired) electrons. The van der Waals surface area contributed by atoms with Gasteiger partial charge >= 0.3 is 0 Å². The van der Waals surface area contributed by atoms with Crippen LogP contribution in [0.3, 0.4) is 0 Å². The lowest BCUT2D eigenvalue weighted by Gasteiger charge is -2.17. The number of carbonyl (C=O) groups excluding carboxylic acids is 1. The molecule has 4 N–H and O–H groups in total. The molecule has 0 spiro atoms. The van der Waals surface area contributed by atoms with Crippen LogP contribution in [-0.2, 0) is 21.9 Å². The van der Waals surface area contributed by atoms with Crippen molar-refractivity contribution < 1.29 is 23.4 Å². The Labute approximate surface area is 189 Å². The van der Waals surface area contributed by atoms with Gasteiger partial charge in [0, 0.05) is 23.6 Å². The highest BCUT2D eigenvalue weighted by Gasteiger charge is 2.29. The second kappa shape index (κ2) is 8.33. The van der Waals surface area contributed by atoms with Crippen LogP contribution in [0.4, 0.5) is 5.69 Å². The van der Waals surface area contributed by atoms with Gasteiger partial charge in [-0.05, 0) is 56.3 Å². The van der Waals surface area contributed by atoms with E-state index >= 15 is 0 Å². The number of benzene rings is 2. The number of aryl methyl sites for hydroxylation is 1. The van der Waals surface area contributed by atoms with Crippen LogP contribution in [0.2, 0.25) is 10.0 Å². The molecule has 1 aromatic heterocycles. The Balaban J connectivity index is 1.80. The quantitative estimate of drug-likeness (QED) is 0.398. The van der Waals surface area contributed by atoms with Gasteiger partial charge in [-0.2, -0.15) is 0 Å². The molecular formula is C20H21Cl2N3O5S. The molecule has 3 aromatic rings. The van der Waals surface area contributed by atoms with E-state index in [1.807, 2.05) is 4.72 Å². The first-order valence-electron chi connectivity index (χ1n) is 9.09. The highest BCUT2D eigenvalue weighted by Crippen LogP contribution is 2.34. The number of amides is 1. The summed E-state index contributed by atoms with van der Waals surface area (Å²) >= 11 is 12.3. The van der Waals surface area contributed by atoms with Crippen LogP contribution in [0.1, 0.15) is 25.8 Å². The normalized spacial score (nSPS) is 13.3. The minimum absolute atomic E-state index is 0.170. The van der Waals surface area contributed by atoms with Gasteiger partial charge in [-0.15, -0.1) is 0 Å². The lowest BCUT2D eigenvalue weighted by molar-refractivity contribution is -0.134. The van der Waals surface area contributed by atoms with Gasteiger partial charge in [0.25, 0.3) is 15.9 Å². The van der Waals surface area contributed by atoms with Gasteiger partial charge in [0.2, 0.25) is 0 Å². The van der Waals surface area contributed by atoms with Crippen LogP contribution >= 0.6 is 23.2 Å². The number of nitrogens with zero attached hydrogens (tertiary/aromatic N) is 1. The van der Waals surface area contributed by atoms with Crippen molar-refractivity contribution in [2.24, 2.45) is 7.05 Å². The molecule has 0 aliphatic heterocycles. The molecule has 0 bridgehead atoms. The Morgan fingerprint density at radius 2 is 1.74 bits per heavy atom. The fraction of sp³-hybridized carbons (Fsp3) is 0.250. The standard InChI is InChI=1S/C20H21Cl2N3O5S/c1-20(2,28)19(27)24-31(29,30)12-6-4-11(5-7-12)23-18(26)16-10-13-15(25(16)3)9-8-14(21)17(13)22/h4-10,18,23,26,28H,1-3H3,(H,24,27). The third kappa shape index (κ3) is 4.81. The van der Waals surface area contributed by atoms with Gasteiger partial charge in [-0.25, -0.2) is 13.1 Å². The maximum atomic E-state index is 12.3. The van der Waals surface area contributed by atoms with E-state index in [1.54, 1.807) is 29.8 Å². The number of hydrogen-bond acceptors (Lipinski definition) is 6.